The smallest absolute Gasteiger partial charge is 0.0252 e. The lowest BCUT2D eigenvalue weighted by Crippen LogP contribution is -2.05. The molecule has 0 spiro atoms. The van der Waals surface area contributed by atoms with Gasteiger partial charge in [0.1, 0.15) is 0 Å². The fourth-order valence-corrected chi connectivity index (χ4v) is 2.96. The highest BCUT2D eigenvalue weighted by atomic mass is 15.3. The minimum Gasteiger partial charge on any atom is -0.295 e. The van der Waals surface area contributed by atoms with Crippen LogP contribution in [0.15, 0.2) is 0 Å². The lowest BCUT2D eigenvalue weighted by Gasteiger charge is -2.07. The number of hydrogen-bond donors (Lipinski definition) is 0. The Balaban J connectivity index is 1.72. The molecule has 82 valence electrons. The molecule has 2 rings (SSSR count). The van der Waals surface area contributed by atoms with Crippen molar-refractivity contribution < 1.29 is 0 Å². The number of rotatable bonds is 0. The first-order valence-corrected chi connectivity index (χ1v) is 6.65. The van der Waals surface area contributed by atoms with Gasteiger partial charge < -0.3 is 0 Å². The molecule has 0 N–H and O–H groups in total. The van der Waals surface area contributed by atoms with Gasteiger partial charge in [-0.1, -0.05) is 44.9 Å². The highest BCUT2D eigenvalue weighted by Crippen LogP contribution is 2.33. The number of nitrogens with zero attached hydrogens (tertiary/aromatic N) is 1. The van der Waals surface area contributed by atoms with Crippen LogP contribution in [0.2, 0.25) is 0 Å². The normalized spacial score (nSPS) is 40.5. The highest BCUT2D eigenvalue weighted by Gasteiger charge is 2.41. The van der Waals surface area contributed by atoms with Crippen molar-refractivity contribution in [3.8, 4) is 0 Å². The molecule has 2 aliphatic rings. The van der Waals surface area contributed by atoms with E-state index < -0.39 is 0 Å². The van der Waals surface area contributed by atoms with Gasteiger partial charge in [0.05, 0.1) is 0 Å². The largest absolute Gasteiger partial charge is 0.295 e. The first-order valence-electron chi connectivity index (χ1n) is 6.65. The molecule has 2 heterocycles. The van der Waals surface area contributed by atoms with Crippen LogP contribution in [0.1, 0.15) is 64.7 Å². The molecule has 0 aliphatic carbocycles. The molecule has 0 amide bonds. The van der Waals surface area contributed by atoms with Crippen molar-refractivity contribution in [2.75, 3.05) is 6.54 Å². The molecule has 2 saturated heterocycles. The van der Waals surface area contributed by atoms with E-state index in [1.807, 2.05) is 0 Å². The summed E-state index contributed by atoms with van der Waals surface area (Å²) in [7, 11) is 0. The fraction of sp³-hybridized carbons (Fsp3) is 1.00. The maximum absolute atomic E-state index is 2.71. The molecule has 2 fully saturated rings. The second-order valence-electron chi connectivity index (χ2n) is 5.16. The van der Waals surface area contributed by atoms with Crippen molar-refractivity contribution in [3.05, 3.63) is 0 Å². The van der Waals surface area contributed by atoms with Gasteiger partial charge in [-0.3, -0.25) is 4.90 Å². The van der Waals surface area contributed by atoms with Crippen molar-refractivity contribution in [2.24, 2.45) is 0 Å². The van der Waals surface area contributed by atoms with Crippen LogP contribution < -0.4 is 0 Å². The lowest BCUT2D eigenvalue weighted by atomic mass is 10.1. The third-order valence-electron chi connectivity index (χ3n) is 4.08. The standard InChI is InChI=1S/C13H25N/c1-12-13-10-8-6-4-2-3-5-7-9-11-14(12)13/h12-13H,2-11H2,1H3/t12?,13?,14-/m1/s1. The van der Waals surface area contributed by atoms with Crippen molar-refractivity contribution in [1.29, 1.82) is 0 Å². The van der Waals surface area contributed by atoms with Crippen molar-refractivity contribution >= 4 is 0 Å². The van der Waals surface area contributed by atoms with E-state index in [1.54, 1.807) is 0 Å². The third-order valence-corrected chi connectivity index (χ3v) is 4.08. The summed E-state index contributed by atoms with van der Waals surface area (Å²) < 4.78 is 0. The van der Waals surface area contributed by atoms with Crippen molar-refractivity contribution in [2.45, 2.75) is 76.8 Å². The average Bonchev–Trinajstić information content (AvgIpc) is 2.76. The van der Waals surface area contributed by atoms with Gasteiger partial charge in [0.15, 0.2) is 0 Å². The predicted octanol–water partition coefficient (Wildman–Crippen LogP) is 3.58. The summed E-state index contributed by atoms with van der Waals surface area (Å²) in [5, 5.41) is 0. The maximum atomic E-state index is 2.71. The van der Waals surface area contributed by atoms with E-state index >= 15 is 0 Å². The number of fused-ring (bicyclic) bond motifs is 1. The Morgan fingerprint density at radius 2 is 1.36 bits per heavy atom. The van der Waals surface area contributed by atoms with Crippen LogP contribution in [0.4, 0.5) is 0 Å². The molecule has 0 bridgehead atoms. The van der Waals surface area contributed by atoms with E-state index in [1.165, 1.54) is 64.3 Å². The molecule has 1 heteroatoms. The molecule has 0 saturated carbocycles. The lowest BCUT2D eigenvalue weighted by molar-refractivity contribution is 0.428. The SMILES string of the molecule is CC1C2CCCCCCCCCC[N@]12. The third kappa shape index (κ3) is 2.73. The maximum Gasteiger partial charge on any atom is 0.0252 e. The van der Waals surface area contributed by atoms with Crippen LogP contribution >= 0.6 is 0 Å². The van der Waals surface area contributed by atoms with Gasteiger partial charge in [0.2, 0.25) is 0 Å². The van der Waals surface area contributed by atoms with Gasteiger partial charge in [-0.2, -0.15) is 0 Å². The van der Waals surface area contributed by atoms with Gasteiger partial charge in [-0.25, -0.2) is 0 Å². The zero-order valence-corrected chi connectivity index (χ0v) is 9.67. The van der Waals surface area contributed by atoms with Crippen molar-refractivity contribution in [3.63, 3.8) is 0 Å². The van der Waals surface area contributed by atoms with E-state index in [2.05, 4.69) is 11.8 Å². The van der Waals surface area contributed by atoms with Gasteiger partial charge in [0, 0.05) is 12.1 Å². The zero-order valence-electron chi connectivity index (χ0n) is 9.67. The van der Waals surface area contributed by atoms with Gasteiger partial charge in [-0.15, -0.1) is 0 Å². The van der Waals surface area contributed by atoms with E-state index in [9.17, 15) is 0 Å². The molecule has 3 atom stereocenters. The summed E-state index contributed by atoms with van der Waals surface area (Å²) in [5.74, 6) is 0. The van der Waals surface area contributed by atoms with Crippen LogP contribution in [-0.4, -0.2) is 23.5 Å². The Morgan fingerprint density at radius 1 is 0.786 bits per heavy atom. The van der Waals surface area contributed by atoms with E-state index in [0.29, 0.717) is 0 Å². The van der Waals surface area contributed by atoms with Crippen LogP contribution in [0.5, 0.6) is 0 Å². The summed E-state index contributed by atoms with van der Waals surface area (Å²) in [6.07, 6.45) is 13.3. The Hall–Kier alpha value is -0.0400. The molecule has 0 radical (unpaired) electrons. The fourth-order valence-electron chi connectivity index (χ4n) is 2.96. The minimum atomic E-state index is 0.913. The quantitative estimate of drug-likeness (QED) is 0.534. The second-order valence-corrected chi connectivity index (χ2v) is 5.16. The van der Waals surface area contributed by atoms with Crippen LogP contribution in [-0.2, 0) is 0 Å². The molecule has 0 aromatic heterocycles. The molecular weight excluding hydrogens is 170 g/mol. The van der Waals surface area contributed by atoms with Gasteiger partial charge in [0.25, 0.3) is 0 Å². The second kappa shape index (κ2) is 5.16. The molecule has 14 heavy (non-hydrogen) atoms. The number of hydrogen-bond acceptors (Lipinski definition) is 1. The topological polar surface area (TPSA) is 3.01 Å². The van der Waals surface area contributed by atoms with E-state index in [0.717, 1.165) is 12.1 Å². The summed E-state index contributed by atoms with van der Waals surface area (Å²) in [6.45, 7) is 3.79. The van der Waals surface area contributed by atoms with Gasteiger partial charge in [-0.05, 0) is 26.3 Å². The Labute approximate surface area is 88.9 Å². The summed E-state index contributed by atoms with van der Waals surface area (Å²) in [6, 6.07) is 1.88. The van der Waals surface area contributed by atoms with E-state index in [4.69, 9.17) is 0 Å². The molecule has 0 aromatic carbocycles. The monoisotopic (exact) mass is 195 g/mol. The predicted molar refractivity (Wildman–Crippen MR) is 61.5 cm³/mol. The van der Waals surface area contributed by atoms with Crippen LogP contribution in [0, 0.1) is 0 Å². The first kappa shape index (κ1) is 10.5. The Bertz CT molecular complexity index is 149. The van der Waals surface area contributed by atoms with Crippen LogP contribution in [0.3, 0.4) is 0 Å². The summed E-state index contributed by atoms with van der Waals surface area (Å²) in [5.41, 5.74) is 0. The molecule has 2 unspecified atom stereocenters. The minimum absolute atomic E-state index is 0.913. The summed E-state index contributed by atoms with van der Waals surface area (Å²) in [4.78, 5) is 2.71. The molecule has 2 aliphatic heterocycles. The average molecular weight is 195 g/mol. The summed E-state index contributed by atoms with van der Waals surface area (Å²) >= 11 is 0. The molecule has 1 nitrogen and oxygen atoms in total. The highest BCUT2D eigenvalue weighted by molar-refractivity contribution is 4.98. The molecular formula is C13H25N. The van der Waals surface area contributed by atoms with E-state index in [-0.39, 0.29) is 0 Å². The zero-order chi connectivity index (χ0) is 9.80. The molecule has 0 aromatic rings. The van der Waals surface area contributed by atoms with Crippen LogP contribution in [0.25, 0.3) is 0 Å². The van der Waals surface area contributed by atoms with Gasteiger partial charge >= 0.3 is 0 Å². The first-order chi connectivity index (χ1) is 6.89. The Kier molecular flexibility index (Phi) is 3.86. The van der Waals surface area contributed by atoms with Crippen molar-refractivity contribution in [1.82, 2.24) is 4.90 Å². The Morgan fingerprint density at radius 3 is 2.07 bits per heavy atom.